The monoisotopic (exact) mass is 353 g/mol. The van der Waals surface area contributed by atoms with Crippen LogP contribution in [0, 0.1) is 5.92 Å². The second-order valence-electron chi connectivity index (χ2n) is 7.07. The lowest BCUT2D eigenvalue weighted by atomic mass is 10.2. The third kappa shape index (κ3) is 4.50. The summed E-state index contributed by atoms with van der Waals surface area (Å²) in [6, 6.07) is 12.1. The number of hydrogen-bond acceptors (Lipinski definition) is 5. The summed E-state index contributed by atoms with van der Waals surface area (Å²) in [7, 11) is 0. The van der Waals surface area contributed by atoms with E-state index in [0.717, 1.165) is 55.7 Å². The Kier molecular flexibility index (Phi) is 5.71. The van der Waals surface area contributed by atoms with Crippen molar-refractivity contribution in [3.63, 3.8) is 0 Å². The minimum atomic E-state index is 0.136. The first-order valence-corrected chi connectivity index (χ1v) is 9.22. The summed E-state index contributed by atoms with van der Waals surface area (Å²) in [6.07, 6.45) is 0. The molecule has 6 heteroatoms. The van der Waals surface area contributed by atoms with Crippen LogP contribution in [-0.2, 0) is 4.79 Å². The fourth-order valence-corrected chi connectivity index (χ4v) is 2.96. The van der Waals surface area contributed by atoms with E-state index in [-0.39, 0.29) is 5.91 Å². The van der Waals surface area contributed by atoms with Crippen molar-refractivity contribution >= 4 is 17.5 Å². The molecule has 3 rings (SSSR count). The van der Waals surface area contributed by atoms with Crippen molar-refractivity contribution < 1.29 is 4.79 Å². The van der Waals surface area contributed by atoms with Crippen LogP contribution in [0.4, 0.5) is 11.6 Å². The van der Waals surface area contributed by atoms with Gasteiger partial charge in [0, 0.05) is 51.3 Å². The molecule has 0 unspecified atom stereocenters. The molecule has 0 aliphatic carbocycles. The number of benzene rings is 1. The lowest BCUT2D eigenvalue weighted by Gasteiger charge is -2.35. The predicted octanol–water partition coefficient (Wildman–Crippen LogP) is 2.88. The fourth-order valence-electron chi connectivity index (χ4n) is 2.96. The molecule has 2 heterocycles. The van der Waals surface area contributed by atoms with Crippen molar-refractivity contribution in [3.05, 3.63) is 36.4 Å². The van der Waals surface area contributed by atoms with E-state index in [1.54, 1.807) is 6.92 Å². The number of amides is 1. The summed E-state index contributed by atoms with van der Waals surface area (Å²) in [5, 5.41) is 3.42. The van der Waals surface area contributed by atoms with Gasteiger partial charge in [-0.25, -0.2) is 9.97 Å². The van der Waals surface area contributed by atoms with Crippen molar-refractivity contribution in [2.24, 2.45) is 5.92 Å². The molecule has 2 aromatic rings. The van der Waals surface area contributed by atoms with E-state index in [4.69, 9.17) is 9.97 Å². The Morgan fingerprint density at radius 1 is 1.12 bits per heavy atom. The van der Waals surface area contributed by atoms with Crippen LogP contribution in [0.1, 0.15) is 20.8 Å². The predicted molar refractivity (Wildman–Crippen MR) is 105 cm³/mol. The zero-order chi connectivity index (χ0) is 18.5. The van der Waals surface area contributed by atoms with E-state index in [9.17, 15) is 4.79 Å². The van der Waals surface area contributed by atoms with Gasteiger partial charge in [0.05, 0.1) is 0 Å². The van der Waals surface area contributed by atoms with Crippen LogP contribution in [0.2, 0.25) is 0 Å². The van der Waals surface area contributed by atoms with Crippen molar-refractivity contribution in [2.45, 2.75) is 20.8 Å². The first-order chi connectivity index (χ1) is 12.5. The van der Waals surface area contributed by atoms with Crippen LogP contribution in [0.5, 0.6) is 0 Å². The van der Waals surface area contributed by atoms with Gasteiger partial charge in [0.2, 0.25) is 5.91 Å². The summed E-state index contributed by atoms with van der Waals surface area (Å²) in [4.78, 5) is 25.2. The molecular formula is C20H27N5O. The molecule has 6 nitrogen and oxygen atoms in total. The minimum Gasteiger partial charge on any atom is -0.370 e. The smallest absolute Gasteiger partial charge is 0.219 e. The van der Waals surface area contributed by atoms with Gasteiger partial charge in [0.15, 0.2) is 5.82 Å². The Balaban J connectivity index is 1.86. The van der Waals surface area contributed by atoms with Crippen LogP contribution >= 0.6 is 0 Å². The molecule has 1 aliphatic rings. The Hall–Kier alpha value is -2.63. The quantitative estimate of drug-likeness (QED) is 0.896. The zero-order valence-corrected chi connectivity index (χ0v) is 15.8. The van der Waals surface area contributed by atoms with Gasteiger partial charge in [-0.05, 0) is 5.92 Å². The maximum absolute atomic E-state index is 11.6. The first kappa shape index (κ1) is 18.2. The lowest BCUT2D eigenvalue weighted by molar-refractivity contribution is -0.129. The molecule has 1 saturated heterocycles. The van der Waals surface area contributed by atoms with Crippen LogP contribution in [0.15, 0.2) is 36.4 Å². The highest BCUT2D eigenvalue weighted by Crippen LogP contribution is 2.23. The number of nitrogens with zero attached hydrogens (tertiary/aromatic N) is 4. The van der Waals surface area contributed by atoms with Gasteiger partial charge in [-0.3, -0.25) is 4.79 Å². The van der Waals surface area contributed by atoms with Gasteiger partial charge in [-0.1, -0.05) is 44.2 Å². The highest BCUT2D eigenvalue weighted by molar-refractivity contribution is 5.73. The number of piperazine rings is 1. The van der Waals surface area contributed by atoms with E-state index in [2.05, 4.69) is 24.1 Å². The summed E-state index contributed by atoms with van der Waals surface area (Å²) < 4.78 is 0. The zero-order valence-electron chi connectivity index (χ0n) is 15.8. The molecule has 26 heavy (non-hydrogen) atoms. The molecule has 0 bridgehead atoms. The van der Waals surface area contributed by atoms with Gasteiger partial charge in [0.25, 0.3) is 0 Å². The van der Waals surface area contributed by atoms with E-state index in [0.29, 0.717) is 5.92 Å². The maximum Gasteiger partial charge on any atom is 0.219 e. The normalized spacial score (nSPS) is 14.6. The summed E-state index contributed by atoms with van der Waals surface area (Å²) >= 11 is 0. The molecule has 1 amide bonds. The number of hydrogen-bond donors (Lipinski definition) is 1. The van der Waals surface area contributed by atoms with Crippen molar-refractivity contribution in [2.75, 3.05) is 42.9 Å². The number of aromatic nitrogens is 2. The van der Waals surface area contributed by atoms with Crippen molar-refractivity contribution in [1.29, 1.82) is 0 Å². The molecule has 1 aromatic heterocycles. The lowest BCUT2D eigenvalue weighted by Crippen LogP contribution is -2.48. The van der Waals surface area contributed by atoms with E-state index < -0.39 is 0 Å². The average molecular weight is 353 g/mol. The number of rotatable bonds is 5. The molecule has 138 valence electrons. The van der Waals surface area contributed by atoms with Gasteiger partial charge >= 0.3 is 0 Å². The van der Waals surface area contributed by atoms with Crippen LogP contribution in [0.3, 0.4) is 0 Å². The summed E-state index contributed by atoms with van der Waals surface area (Å²) in [5.41, 5.74) is 1.00. The highest BCUT2D eigenvalue weighted by Gasteiger charge is 2.21. The van der Waals surface area contributed by atoms with Gasteiger partial charge in [0.1, 0.15) is 11.6 Å². The molecule has 0 spiro atoms. The third-order valence-corrected chi connectivity index (χ3v) is 4.49. The van der Waals surface area contributed by atoms with Gasteiger partial charge < -0.3 is 15.1 Å². The molecule has 0 atom stereocenters. The molecule has 1 aliphatic heterocycles. The average Bonchev–Trinajstić information content (AvgIpc) is 2.67. The summed E-state index contributed by atoms with van der Waals surface area (Å²) in [6.45, 7) is 9.87. The Morgan fingerprint density at radius 2 is 1.81 bits per heavy atom. The minimum absolute atomic E-state index is 0.136. The molecule has 1 fully saturated rings. The largest absolute Gasteiger partial charge is 0.370 e. The van der Waals surface area contributed by atoms with Gasteiger partial charge in [-0.2, -0.15) is 0 Å². The number of anilines is 2. The molecule has 1 aromatic carbocycles. The fraction of sp³-hybridized carbons (Fsp3) is 0.450. The maximum atomic E-state index is 11.6. The third-order valence-electron chi connectivity index (χ3n) is 4.49. The summed E-state index contributed by atoms with van der Waals surface area (Å²) in [5.74, 6) is 3.15. The van der Waals surface area contributed by atoms with E-state index >= 15 is 0 Å². The topological polar surface area (TPSA) is 61.4 Å². The standard InChI is InChI=1S/C20H27N5O/c1-15(2)14-21-18-13-19(25-11-9-24(10-12-25)16(3)26)23-20(22-18)17-7-5-4-6-8-17/h4-8,13,15H,9-12,14H2,1-3H3,(H,21,22,23). The number of nitrogens with one attached hydrogen (secondary N) is 1. The molecular weight excluding hydrogens is 326 g/mol. The Labute approximate surface area is 155 Å². The Morgan fingerprint density at radius 3 is 2.42 bits per heavy atom. The van der Waals surface area contributed by atoms with Crippen LogP contribution in [-0.4, -0.2) is 53.5 Å². The highest BCUT2D eigenvalue weighted by atomic mass is 16.2. The van der Waals surface area contributed by atoms with E-state index in [1.807, 2.05) is 41.3 Å². The Bertz CT molecular complexity index is 739. The number of carbonyl (C=O) groups excluding carboxylic acids is 1. The number of carbonyl (C=O) groups is 1. The van der Waals surface area contributed by atoms with Crippen molar-refractivity contribution in [1.82, 2.24) is 14.9 Å². The van der Waals surface area contributed by atoms with Gasteiger partial charge in [-0.15, -0.1) is 0 Å². The van der Waals surface area contributed by atoms with Crippen LogP contribution in [0.25, 0.3) is 11.4 Å². The molecule has 0 radical (unpaired) electrons. The van der Waals surface area contributed by atoms with Crippen molar-refractivity contribution in [3.8, 4) is 11.4 Å². The SMILES string of the molecule is CC(=O)N1CCN(c2cc(NCC(C)C)nc(-c3ccccc3)n2)CC1. The molecule has 0 saturated carbocycles. The first-order valence-electron chi connectivity index (χ1n) is 9.22. The second kappa shape index (κ2) is 8.17. The second-order valence-corrected chi connectivity index (χ2v) is 7.07. The molecule has 1 N–H and O–H groups in total. The van der Waals surface area contributed by atoms with E-state index in [1.165, 1.54) is 0 Å². The van der Waals surface area contributed by atoms with Crippen LogP contribution < -0.4 is 10.2 Å².